The molecule has 1 aliphatic heterocycles. The summed E-state index contributed by atoms with van der Waals surface area (Å²) in [6, 6.07) is 9.51. The van der Waals surface area contributed by atoms with Gasteiger partial charge in [0.2, 0.25) is 5.91 Å². The Bertz CT molecular complexity index is 1060. The van der Waals surface area contributed by atoms with Crippen molar-refractivity contribution in [1.29, 1.82) is 0 Å². The van der Waals surface area contributed by atoms with Crippen LogP contribution in [-0.2, 0) is 16.0 Å². The SMILES string of the molecule is Cc1c(CC=O)c(-c2ccc(Cl)cc2)c2cc(C)n3c2c1NC(=O)C3C. The molecule has 0 fully saturated rings. The molecular formula is C21H19ClN2O2. The smallest absolute Gasteiger partial charge is 0.247 e. The average molecular weight is 367 g/mol. The van der Waals surface area contributed by atoms with E-state index >= 15 is 0 Å². The number of aryl methyl sites for hydroxylation is 1. The molecule has 1 atom stereocenters. The number of benzene rings is 2. The molecule has 2 heterocycles. The number of aldehydes is 1. The van der Waals surface area contributed by atoms with Crippen molar-refractivity contribution in [2.24, 2.45) is 0 Å². The predicted octanol–water partition coefficient (Wildman–Crippen LogP) is 4.83. The molecule has 0 bridgehead atoms. The number of halogens is 1. The Kier molecular flexibility index (Phi) is 3.88. The molecule has 1 aromatic heterocycles. The maximum atomic E-state index is 12.4. The first-order valence-electron chi connectivity index (χ1n) is 8.61. The van der Waals surface area contributed by atoms with Crippen molar-refractivity contribution in [3.8, 4) is 11.1 Å². The zero-order valence-electron chi connectivity index (χ0n) is 14.9. The number of rotatable bonds is 3. The molecule has 2 aromatic carbocycles. The van der Waals surface area contributed by atoms with Gasteiger partial charge in [0, 0.05) is 22.5 Å². The average Bonchev–Trinajstić information content (AvgIpc) is 2.95. The number of aromatic nitrogens is 1. The molecule has 132 valence electrons. The molecule has 4 nitrogen and oxygen atoms in total. The third-order valence-corrected chi connectivity index (χ3v) is 5.55. The van der Waals surface area contributed by atoms with Gasteiger partial charge >= 0.3 is 0 Å². The lowest BCUT2D eigenvalue weighted by Crippen LogP contribution is -2.29. The summed E-state index contributed by atoms with van der Waals surface area (Å²) in [7, 11) is 0. The summed E-state index contributed by atoms with van der Waals surface area (Å²) >= 11 is 6.06. The van der Waals surface area contributed by atoms with E-state index in [0.29, 0.717) is 11.4 Å². The second kappa shape index (κ2) is 5.99. The summed E-state index contributed by atoms with van der Waals surface area (Å²) in [6.45, 7) is 5.89. The highest BCUT2D eigenvalue weighted by Crippen LogP contribution is 2.44. The fraction of sp³-hybridized carbons (Fsp3) is 0.238. The van der Waals surface area contributed by atoms with Crippen LogP contribution in [0.2, 0.25) is 5.02 Å². The first kappa shape index (κ1) is 16.9. The Labute approximate surface area is 156 Å². The highest BCUT2D eigenvalue weighted by molar-refractivity contribution is 6.30. The minimum atomic E-state index is -0.269. The van der Waals surface area contributed by atoms with Gasteiger partial charge in [-0.15, -0.1) is 0 Å². The first-order chi connectivity index (χ1) is 12.4. The molecule has 4 rings (SSSR count). The Balaban J connectivity index is 2.16. The van der Waals surface area contributed by atoms with Gasteiger partial charge in [-0.25, -0.2) is 0 Å². The third-order valence-electron chi connectivity index (χ3n) is 5.30. The summed E-state index contributed by atoms with van der Waals surface area (Å²) in [5, 5.41) is 4.77. The topological polar surface area (TPSA) is 51.1 Å². The molecule has 1 unspecified atom stereocenters. The van der Waals surface area contributed by atoms with Gasteiger partial charge in [-0.1, -0.05) is 23.7 Å². The van der Waals surface area contributed by atoms with Crippen LogP contribution in [0.3, 0.4) is 0 Å². The van der Waals surface area contributed by atoms with Crippen LogP contribution >= 0.6 is 11.6 Å². The molecule has 0 aliphatic carbocycles. The highest BCUT2D eigenvalue weighted by atomic mass is 35.5. The number of anilines is 1. The van der Waals surface area contributed by atoms with Gasteiger partial charge in [0.05, 0.1) is 11.2 Å². The van der Waals surface area contributed by atoms with E-state index in [4.69, 9.17) is 11.6 Å². The number of nitrogens with zero attached hydrogens (tertiary/aromatic N) is 1. The van der Waals surface area contributed by atoms with E-state index in [0.717, 1.165) is 50.8 Å². The molecule has 5 heteroatoms. The van der Waals surface area contributed by atoms with Gasteiger partial charge < -0.3 is 14.7 Å². The fourth-order valence-corrected chi connectivity index (χ4v) is 4.18. The van der Waals surface area contributed by atoms with Crippen LogP contribution in [0, 0.1) is 13.8 Å². The maximum Gasteiger partial charge on any atom is 0.247 e. The van der Waals surface area contributed by atoms with Crippen molar-refractivity contribution < 1.29 is 9.59 Å². The number of hydrogen-bond donors (Lipinski definition) is 1. The molecule has 1 aliphatic rings. The monoisotopic (exact) mass is 366 g/mol. The Morgan fingerprint density at radius 3 is 2.58 bits per heavy atom. The molecule has 0 saturated heterocycles. The van der Waals surface area contributed by atoms with E-state index in [1.807, 2.05) is 45.0 Å². The van der Waals surface area contributed by atoms with Crippen LogP contribution in [0.4, 0.5) is 5.69 Å². The van der Waals surface area contributed by atoms with E-state index < -0.39 is 0 Å². The zero-order chi connectivity index (χ0) is 18.6. The molecule has 3 aromatic rings. The lowest BCUT2D eigenvalue weighted by molar-refractivity contribution is -0.119. The Morgan fingerprint density at radius 2 is 1.92 bits per heavy atom. The van der Waals surface area contributed by atoms with E-state index in [-0.39, 0.29) is 11.9 Å². The summed E-state index contributed by atoms with van der Waals surface area (Å²) in [5.41, 5.74) is 6.79. The second-order valence-corrected chi connectivity index (χ2v) is 7.25. The highest BCUT2D eigenvalue weighted by Gasteiger charge is 2.30. The van der Waals surface area contributed by atoms with E-state index in [9.17, 15) is 9.59 Å². The minimum absolute atomic E-state index is 0.0301. The van der Waals surface area contributed by atoms with Crippen LogP contribution in [0.15, 0.2) is 30.3 Å². The number of hydrogen-bond acceptors (Lipinski definition) is 2. The molecule has 1 N–H and O–H groups in total. The number of nitrogens with one attached hydrogen (secondary N) is 1. The molecule has 0 spiro atoms. The van der Waals surface area contributed by atoms with Crippen molar-refractivity contribution in [1.82, 2.24) is 4.57 Å². The van der Waals surface area contributed by atoms with Gasteiger partial charge in [-0.3, -0.25) is 4.79 Å². The van der Waals surface area contributed by atoms with E-state index in [1.165, 1.54) is 0 Å². The minimum Gasteiger partial charge on any atom is -0.331 e. The Morgan fingerprint density at radius 1 is 1.23 bits per heavy atom. The molecule has 26 heavy (non-hydrogen) atoms. The van der Waals surface area contributed by atoms with Gasteiger partial charge in [-0.05, 0) is 61.2 Å². The van der Waals surface area contributed by atoms with Crippen molar-refractivity contribution in [3.05, 3.63) is 52.2 Å². The Hall–Kier alpha value is -2.59. The lowest BCUT2D eigenvalue weighted by atomic mass is 9.89. The van der Waals surface area contributed by atoms with E-state index in [1.54, 1.807) is 0 Å². The van der Waals surface area contributed by atoms with Crippen LogP contribution in [0.25, 0.3) is 22.0 Å². The molecule has 0 radical (unpaired) electrons. The lowest BCUT2D eigenvalue weighted by Gasteiger charge is -2.27. The second-order valence-electron chi connectivity index (χ2n) is 6.81. The molecule has 1 amide bonds. The zero-order valence-corrected chi connectivity index (χ0v) is 15.6. The normalized spacial score (nSPS) is 16.0. The predicted molar refractivity (Wildman–Crippen MR) is 105 cm³/mol. The quantitative estimate of drug-likeness (QED) is 0.675. The third kappa shape index (κ3) is 2.29. The maximum absolute atomic E-state index is 12.4. The van der Waals surface area contributed by atoms with E-state index in [2.05, 4.69) is 16.0 Å². The number of amides is 1. The first-order valence-corrected chi connectivity index (χ1v) is 8.99. The van der Waals surface area contributed by atoms with Gasteiger partial charge in [0.1, 0.15) is 12.3 Å². The number of carbonyl (C=O) groups excluding carboxylic acids is 2. The van der Waals surface area contributed by atoms with Gasteiger partial charge in [-0.2, -0.15) is 0 Å². The fourth-order valence-electron chi connectivity index (χ4n) is 4.06. The van der Waals surface area contributed by atoms with Crippen LogP contribution in [-0.4, -0.2) is 16.8 Å². The standard InChI is InChI=1S/C21H19ClN2O2/c1-11-10-17-18(14-4-6-15(22)7-5-14)16(8-9-25)12(2)19-20(17)24(11)13(3)21(26)23-19/h4-7,9-10,13H,8H2,1-3H3,(H,23,26). The van der Waals surface area contributed by atoms with Crippen LogP contribution in [0.1, 0.15) is 29.8 Å². The summed E-state index contributed by atoms with van der Waals surface area (Å²) in [6.07, 6.45) is 1.21. The van der Waals surface area contributed by atoms with Crippen molar-refractivity contribution >= 4 is 40.4 Å². The van der Waals surface area contributed by atoms with Crippen molar-refractivity contribution in [2.45, 2.75) is 33.2 Å². The summed E-state index contributed by atoms with van der Waals surface area (Å²) in [5.74, 6) is -0.0301. The number of carbonyl (C=O) groups is 2. The summed E-state index contributed by atoms with van der Waals surface area (Å²) in [4.78, 5) is 23.8. The van der Waals surface area contributed by atoms with Crippen molar-refractivity contribution in [3.63, 3.8) is 0 Å². The van der Waals surface area contributed by atoms with Crippen LogP contribution in [0.5, 0.6) is 0 Å². The largest absolute Gasteiger partial charge is 0.331 e. The van der Waals surface area contributed by atoms with Gasteiger partial charge in [0.15, 0.2) is 0 Å². The van der Waals surface area contributed by atoms with Gasteiger partial charge in [0.25, 0.3) is 0 Å². The van der Waals surface area contributed by atoms with Crippen LogP contribution < -0.4 is 5.32 Å². The molecular weight excluding hydrogens is 348 g/mol. The molecule has 0 saturated carbocycles. The summed E-state index contributed by atoms with van der Waals surface area (Å²) < 4.78 is 2.08. The van der Waals surface area contributed by atoms with Crippen molar-refractivity contribution in [2.75, 3.05) is 5.32 Å².